The van der Waals surface area contributed by atoms with Gasteiger partial charge in [-0.15, -0.1) is 0 Å². The number of hydrogen-bond donors (Lipinski definition) is 1. The lowest BCUT2D eigenvalue weighted by Crippen LogP contribution is -2.13. The summed E-state index contributed by atoms with van der Waals surface area (Å²) in [5, 5.41) is 1.14. The molecule has 0 amide bonds. The summed E-state index contributed by atoms with van der Waals surface area (Å²) in [7, 11) is 0. The highest BCUT2D eigenvalue weighted by Gasteiger charge is 2.16. The molecule has 1 aliphatic heterocycles. The zero-order valence-electron chi connectivity index (χ0n) is 9.23. The summed E-state index contributed by atoms with van der Waals surface area (Å²) in [5.41, 5.74) is 7.99. The van der Waals surface area contributed by atoms with Crippen LogP contribution in [0.2, 0.25) is 0 Å². The second-order valence-electron chi connectivity index (χ2n) is 4.38. The predicted molar refractivity (Wildman–Crippen MR) is 65.3 cm³/mol. The van der Waals surface area contributed by atoms with Gasteiger partial charge in [-0.05, 0) is 31.0 Å². The highest BCUT2D eigenvalue weighted by molar-refractivity contribution is 5.91. The fraction of sp³-hybridized carbons (Fsp3) is 0.385. The standard InChI is InChI=1S/C13H16N2O/c14-12-4-1-5-13-11(12)6-7-15(13)9-10-3-2-8-16-10/h1,4-7,10H,2-3,8-9,14H2. The van der Waals surface area contributed by atoms with E-state index in [1.807, 2.05) is 12.1 Å². The molecule has 0 radical (unpaired) electrons. The first-order chi connectivity index (χ1) is 7.84. The van der Waals surface area contributed by atoms with Gasteiger partial charge in [0.2, 0.25) is 0 Å². The van der Waals surface area contributed by atoms with Gasteiger partial charge in [-0.1, -0.05) is 6.07 Å². The van der Waals surface area contributed by atoms with Crippen LogP contribution in [0, 0.1) is 0 Å². The van der Waals surface area contributed by atoms with Crippen LogP contribution in [0.4, 0.5) is 5.69 Å². The van der Waals surface area contributed by atoms with Crippen LogP contribution in [-0.4, -0.2) is 17.3 Å². The second kappa shape index (κ2) is 3.83. The topological polar surface area (TPSA) is 40.2 Å². The Labute approximate surface area is 94.8 Å². The molecular weight excluding hydrogens is 200 g/mol. The molecule has 2 aromatic rings. The molecule has 3 heteroatoms. The third kappa shape index (κ3) is 1.57. The maximum Gasteiger partial charge on any atom is 0.0754 e. The smallest absolute Gasteiger partial charge is 0.0754 e. The molecule has 0 saturated carbocycles. The van der Waals surface area contributed by atoms with Gasteiger partial charge in [0.25, 0.3) is 0 Å². The largest absolute Gasteiger partial charge is 0.398 e. The van der Waals surface area contributed by atoms with Gasteiger partial charge in [0.1, 0.15) is 0 Å². The molecule has 1 fully saturated rings. The molecule has 1 aromatic heterocycles. The number of nitrogen functional groups attached to an aromatic ring is 1. The predicted octanol–water partition coefficient (Wildman–Crippen LogP) is 2.40. The third-order valence-electron chi connectivity index (χ3n) is 3.27. The van der Waals surface area contributed by atoms with E-state index in [4.69, 9.17) is 10.5 Å². The van der Waals surface area contributed by atoms with Gasteiger partial charge >= 0.3 is 0 Å². The van der Waals surface area contributed by atoms with Gasteiger partial charge in [0.05, 0.1) is 11.6 Å². The zero-order chi connectivity index (χ0) is 11.0. The van der Waals surface area contributed by atoms with Crippen molar-refractivity contribution in [2.24, 2.45) is 0 Å². The van der Waals surface area contributed by atoms with E-state index in [1.165, 1.54) is 18.4 Å². The van der Waals surface area contributed by atoms with E-state index >= 15 is 0 Å². The fourth-order valence-corrected chi connectivity index (χ4v) is 2.41. The van der Waals surface area contributed by atoms with Crippen molar-refractivity contribution in [2.75, 3.05) is 12.3 Å². The van der Waals surface area contributed by atoms with E-state index < -0.39 is 0 Å². The van der Waals surface area contributed by atoms with Gasteiger partial charge in [0.15, 0.2) is 0 Å². The van der Waals surface area contributed by atoms with E-state index in [1.54, 1.807) is 0 Å². The Kier molecular flexibility index (Phi) is 2.33. The Morgan fingerprint density at radius 1 is 1.38 bits per heavy atom. The molecular formula is C13H16N2O. The van der Waals surface area contributed by atoms with Crippen molar-refractivity contribution in [3.05, 3.63) is 30.5 Å². The second-order valence-corrected chi connectivity index (χ2v) is 4.38. The van der Waals surface area contributed by atoms with Crippen LogP contribution >= 0.6 is 0 Å². The summed E-state index contributed by atoms with van der Waals surface area (Å²) in [6.45, 7) is 1.85. The number of benzene rings is 1. The zero-order valence-corrected chi connectivity index (χ0v) is 9.23. The molecule has 3 rings (SSSR count). The number of nitrogens with two attached hydrogens (primary N) is 1. The van der Waals surface area contributed by atoms with Crippen LogP contribution in [0.15, 0.2) is 30.5 Å². The van der Waals surface area contributed by atoms with Crippen LogP contribution in [0.25, 0.3) is 10.9 Å². The molecule has 0 aliphatic carbocycles. The van der Waals surface area contributed by atoms with Crippen molar-refractivity contribution in [1.29, 1.82) is 0 Å². The van der Waals surface area contributed by atoms with E-state index in [2.05, 4.69) is 22.9 Å². The summed E-state index contributed by atoms with van der Waals surface area (Å²) >= 11 is 0. The Balaban J connectivity index is 1.94. The van der Waals surface area contributed by atoms with Gasteiger partial charge in [-0.25, -0.2) is 0 Å². The van der Waals surface area contributed by atoms with Crippen molar-refractivity contribution in [2.45, 2.75) is 25.5 Å². The van der Waals surface area contributed by atoms with Gasteiger partial charge in [0, 0.05) is 30.4 Å². The van der Waals surface area contributed by atoms with E-state index in [-0.39, 0.29) is 0 Å². The molecule has 2 N–H and O–H groups in total. The number of aromatic nitrogens is 1. The molecule has 84 valence electrons. The molecule has 16 heavy (non-hydrogen) atoms. The Morgan fingerprint density at radius 2 is 2.31 bits per heavy atom. The average molecular weight is 216 g/mol. The first-order valence-corrected chi connectivity index (χ1v) is 5.79. The van der Waals surface area contributed by atoms with Gasteiger partial charge in [-0.3, -0.25) is 0 Å². The molecule has 2 heterocycles. The van der Waals surface area contributed by atoms with Crippen molar-refractivity contribution < 1.29 is 4.74 Å². The molecule has 1 saturated heterocycles. The summed E-state index contributed by atoms with van der Waals surface area (Å²) in [6, 6.07) is 8.14. The highest BCUT2D eigenvalue weighted by atomic mass is 16.5. The van der Waals surface area contributed by atoms with Crippen molar-refractivity contribution in [3.8, 4) is 0 Å². The minimum atomic E-state index is 0.372. The van der Waals surface area contributed by atoms with E-state index in [0.717, 1.165) is 24.2 Å². The minimum absolute atomic E-state index is 0.372. The van der Waals surface area contributed by atoms with Crippen molar-refractivity contribution >= 4 is 16.6 Å². The lowest BCUT2D eigenvalue weighted by atomic mass is 10.2. The van der Waals surface area contributed by atoms with Crippen molar-refractivity contribution in [1.82, 2.24) is 4.57 Å². The number of hydrogen-bond acceptors (Lipinski definition) is 2. The third-order valence-corrected chi connectivity index (χ3v) is 3.27. The first kappa shape index (κ1) is 9.73. The van der Waals surface area contributed by atoms with Crippen LogP contribution in [0.3, 0.4) is 0 Å². The molecule has 1 aromatic carbocycles. The van der Waals surface area contributed by atoms with Crippen LogP contribution in [-0.2, 0) is 11.3 Å². The summed E-state index contributed by atoms with van der Waals surface area (Å²) in [4.78, 5) is 0. The number of fused-ring (bicyclic) bond motifs is 1. The van der Waals surface area contributed by atoms with Crippen LogP contribution < -0.4 is 5.73 Å². The minimum Gasteiger partial charge on any atom is -0.398 e. The molecule has 1 atom stereocenters. The Hall–Kier alpha value is -1.48. The molecule has 1 aliphatic rings. The quantitative estimate of drug-likeness (QED) is 0.783. The Bertz CT molecular complexity index is 498. The van der Waals surface area contributed by atoms with Gasteiger partial charge in [-0.2, -0.15) is 0 Å². The number of ether oxygens (including phenoxy) is 1. The molecule has 0 spiro atoms. The summed E-state index contributed by atoms with van der Waals surface area (Å²) in [5.74, 6) is 0. The molecule has 0 bridgehead atoms. The van der Waals surface area contributed by atoms with Crippen LogP contribution in [0.1, 0.15) is 12.8 Å². The van der Waals surface area contributed by atoms with E-state index in [0.29, 0.717) is 6.10 Å². The normalized spacial score (nSPS) is 20.6. The van der Waals surface area contributed by atoms with Crippen LogP contribution in [0.5, 0.6) is 0 Å². The lowest BCUT2D eigenvalue weighted by Gasteiger charge is -2.11. The van der Waals surface area contributed by atoms with Crippen molar-refractivity contribution in [3.63, 3.8) is 0 Å². The monoisotopic (exact) mass is 216 g/mol. The van der Waals surface area contributed by atoms with E-state index in [9.17, 15) is 0 Å². The number of rotatable bonds is 2. The summed E-state index contributed by atoms with van der Waals surface area (Å²) in [6.07, 6.45) is 4.83. The first-order valence-electron chi connectivity index (χ1n) is 5.79. The summed E-state index contributed by atoms with van der Waals surface area (Å²) < 4.78 is 7.89. The Morgan fingerprint density at radius 3 is 3.12 bits per heavy atom. The average Bonchev–Trinajstić information content (AvgIpc) is 2.90. The van der Waals surface area contributed by atoms with Gasteiger partial charge < -0.3 is 15.0 Å². The SMILES string of the molecule is Nc1cccc2c1ccn2CC1CCCO1. The highest BCUT2D eigenvalue weighted by Crippen LogP contribution is 2.23. The maximum atomic E-state index is 5.93. The number of nitrogens with zero attached hydrogens (tertiary/aromatic N) is 1. The molecule has 1 unspecified atom stereocenters. The maximum absolute atomic E-state index is 5.93. The lowest BCUT2D eigenvalue weighted by molar-refractivity contribution is 0.0980. The molecule has 3 nitrogen and oxygen atoms in total. The number of anilines is 1. The fourth-order valence-electron chi connectivity index (χ4n) is 2.41.